The van der Waals surface area contributed by atoms with Crippen LogP contribution in [0.4, 0.5) is 5.82 Å². The van der Waals surface area contributed by atoms with Crippen molar-refractivity contribution in [2.75, 3.05) is 31.7 Å². The Morgan fingerprint density at radius 2 is 2.11 bits per heavy atom. The van der Waals surface area contributed by atoms with Gasteiger partial charge < -0.3 is 14.4 Å². The van der Waals surface area contributed by atoms with E-state index in [1.165, 1.54) is 17.6 Å². The Kier molecular flexibility index (Phi) is 4.29. The van der Waals surface area contributed by atoms with Gasteiger partial charge in [-0.2, -0.15) is 0 Å². The molecule has 2 aliphatic rings. The number of benzene rings is 1. The molecule has 2 aromatic heterocycles. The molecular weight excluding hydrogens is 374 g/mol. The number of ether oxygens (including phenoxy) is 2. The number of anilines is 1. The highest BCUT2D eigenvalue weighted by Crippen LogP contribution is 2.45. The molecule has 0 bridgehead atoms. The maximum atomic E-state index is 11.9. The molecule has 0 aliphatic carbocycles. The van der Waals surface area contributed by atoms with Crippen LogP contribution in [-0.4, -0.2) is 42.7 Å². The summed E-state index contributed by atoms with van der Waals surface area (Å²) in [4.78, 5) is 24.5. The number of hydrogen-bond donors (Lipinski definition) is 0. The van der Waals surface area contributed by atoms with Gasteiger partial charge in [-0.3, -0.25) is 0 Å². The van der Waals surface area contributed by atoms with E-state index in [1.54, 1.807) is 12.4 Å². The van der Waals surface area contributed by atoms with Crippen LogP contribution in [-0.2, 0) is 21.5 Å². The van der Waals surface area contributed by atoms with E-state index in [9.17, 15) is 4.79 Å². The number of carbonyl (C=O) groups is 1. The third-order valence-electron chi connectivity index (χ3n) is 5.82. The summed E-state index contributed by atoms with van der Waals surface area (Å²) in [5.74, 6) is 0.517. The van der Waals surface area contributed by atoms with Crippen LogP contribution >= 0.6 is 11.3 Å². The first-order valence-corrected chi connectivity index (χ1v) is 10.4. The molecule has 4 heterocycles. The molecule has 1 saturated heterocycles. The molecule has 7 heteroatoms. The van der Waals surface area contributed by atoms with Crippen LogP contribution < -0.4 is 4.90 Å². The molecule has 0 N–H and O–H groups in total. The van der Waals surface area contributed by atoms with Crippen LogP contribution in [0, 0.1) is 0 Å². The van der Waals surface area contributed by atoms with Crippen molar-refractivity contribution in [2.24, 2.45) is 0 Å². The van der Waals surface area contributed by atoms with E-state index in [0.717, 1.165) is 55.7 Å². The first-order chi connectivity index (χ1) is 13.7. The average molecular weight is 395 g/mol. The van der Waals surface area contributed by atoms with Crippen molar-refractivity contribution in [3.63, 3.8) is 0 Å². The van der Waals surface area contributed by atoms with Gasteiger partial charge in [-0.05, 0) is 54.5 Å². The summed E-state index contributed by atoms with van der Waals surface area (Å²) >= 11 is 1.82. The van der Waals surface area contributed by atoms with E-state index in [2.05, 4.69) is 26.3 Å². The minimum Gasteiger partial charge on any atom is -0.465 e. The first kappa shape index (κ1) is 17.6. The number of rotatable bonds is 2. The van der Waals surface area contributed by atoms with E-state index in [4.69, 9.17) is 9.47 Å². The predicted molar refractivity (Wildman–Crippen MR) is 108 cm³/mol. The van der Waals surface area contributed by atoms with Gasteiger partial charge in [0, 0.05) is 23.4 Å². The fraction of sp³-hybridized carbons (Fsp3) is 0.381. The SMILES string of the molecule is COC(=O)c1ccc2ncnc(N3CCC4(CC3)OCCc3ccsc34)c2c1. The summed E-state index contributed by atoms with van der Waals surface area (Å²) in [5.41, 5.74) is 2.63. The molecule has 28 heavy (non-hydrogen) atoms. The topological polar surface area (TPSA) is 64.5 Å². The van der Waals surface area contributed by atoms with Gasteiger partial charge in [0.15, 0.2) is 0 Å². The summed E-state index contributed by atoms with van der Waals surface area (Å²) in [7, 11) is 1.39. The second-order valence-electron chi connectivity index (χ2n) is 7.28. The molecule has 6 nitrogen and oxygen atoms in total. The van der Waals surface area contributed by atoms with Crippen LogP contribution in [0.25, 0.3) is 10.9 Å². The Balaban J connectivity index is 1.46. The van der Waals surface area contributed by atoms with Crippen molar-refractivity contribution in [1.29, 1.82) is 0 Å². The van der Waals surface area contributed by atoms with E-state index >= 15 is 0 Å². The number of esters is 1. The fourth-order valence-electron chi connectivity index (χ4n) is 4.35. The Hall–Kier alpha value is -2.51. The second-order valence-corrected chi connectivity index (χ2v) is 8.19. The van der Waals surface area contributed by atoms with Gasteiger partial charge in [0.1, 0.15) is 17.7 Å². The van der Waals surface area contributed by atoms with Crippen LogP contribution in [0.3, 0.4) is 0 Å². The summed E-state index contributed by atoms with van der Waals surface area (Å²) in [6.07, 6.45) is 4.47. The molecule has 0 radical (unpaired) electrons. The zero-order valence-corrected chi connectivity index (χ0v) is 16.5. The first-order valence-electron chi connectivity index (χ1n) is 9.49. The predicted octanol–water partition coefficient (Wildman–Crippen LogP) is 3.55. The van der Waals surface area contributed by atoms with Gasteiger partial charge in [-0.15, -0.1) is 11.3 Å². The van der Waals surface area contributed by atoms with Gasteiger partial charge in [-0.1, -0.05) is 0 Å². The molecule has 2 aliphatic heterocycles. The Morgan fingerprint density at radius 1 is 1.25 bits per heavy atom. The zero-order valence-electron chi connectivity index (χ0n) is 15.7. The fourth-order valence-corrected chi connectivity index (χ4v) is 5.51. The summed E-state index contributed by atoms with van der Waals surface area (Å²) in [6, 6.07) is 7.66. The molecule has 1 aromatic carbocycles. The largest absolute Gasteiger partial charge is 0.465 e. The standard InChI is InChI=1S/C21H21N3O3S/c1-26-20(25)15-2-3-17-16(12-15)19(23-13-22-17)24-8-6-21(7-9-24)18-14(4-10-27-21)5-11-28-18/h2-3,5,11-13H,4,6-10H2,1H3. The molecule has 1 spiro atoms. The quantitative estimate of drug-likeness (QED) is 0.619. The average Bonchev–Trinajstić information content (AvgIpc) is 3.24. The van der Waals surface area contributed by atoms with Gasteiger partial charge in [0.25, 0.3) is 0 Å². The molecule has 3 aromatic rings. The van der Waals surface area contributed by atoms with Crippen LogP contribution in [0.1, 0.15) is 33.6 Å². The van der Waals surface area contributed by atoms with Crippen molar-refractivity contribution < 1.29 is 14.3 Å². The summed E-state index contributed by atoms with van der Waals surface area (Å²) in [5, 5.41) is 3.06. The Labute approximate surface area is 167 Å². The number of thiophene rings is 1. The molecule has 1 fully saturated rings. The molecule has 0 amide bonds. The van der Waals surface area contributed by atoms with Crippen molar-refractivity contribution >= 4 is 34.0 Å². The minimum absolute atomic E-state index is 0.155. The summed E-state index contributed by atoms with van der Waals surface area (Å²) in [6.45, 7) is 2.50. The van der Waals surface area contributed by atoms with Crippen molar-refractivity contribution in [3.8, 4) is 0 Å². The maximum absolute atomic E-state index is 11.9. The zero-order chi connectivity index (χ0) is 19.1. The smallest absolute Gasteiger partial charge is 0.337 e. The van der Waals surface area contributed by atoms with E-state index in [-0.39, 0.29) is 11.6 Å². The van der Waals surface area contributed by atoms with Crippen LogP contribution in [0.5, 0.6) is 0 Å². The lowest BCUT2D eigenvalue weighted by atomic mass is 9.85. The maximum Gasteiger partial charge on any atom is 0.337 e. The number of carbonyl (C=O) groups excluding carboxylic acids is 1. The van der Waals surface area contributed by atoms with Gasteiger partial charge in [0.2, 0.25) is 0 Å². The number of nitrogens with zero attached hydrogens (tertiary/aromatic N) is 3. The minimum atomic E-state index is -0.352. The summed E-state index contributed by atoms with van der Waals surface area (Å²) < 4.78 is 11.2. The number of aromatic nitrogens is 2. The third kappa shape index (κ3) is 2.77. The highest BCUT2D eigenvalue weighted by Gasteiger charge is 2.42. The number of piperidine rings is 1. The molecule has 144 valence electrons. The Bertz CT molecular complexity index is 1040. The highest BCUT2D eigenvalue weighted by molar-refractivity contribution is 7.10. The molecule has 0 saturated carbocycles. The van der Waals surface area contributed by atoms with E-state index < -0.39 is 0 Å². The van der Waals surface area contributed by atoms with Gasteiger partial charge >= 0.3 is 5.97 Å². The molecular formula is C21H21N3O3S. The number of fused-ring (bicyclic) bond motifs is 3. The normalized spacial score (nSPS) is 18.2. The van der Waals surface area contributed by atoms with Crippen LogP contribution in [0.15, 0.2) is 36.0 Å². The monoisotopic (exact) mass is 395 g/mol. The molecule has 0 unspecified atom stereocenters. The molecule has 0 atom stereocenters. The number of hydrogen-bond acceptors (Lipinski definition) is 7. The highest BCUT2D eigenvalue weighted by atomic mass is 32.1. The number of methoxy groups -OCH3 is 1. The van der Waals surface area contributed by atoms with Crippen molar-refractivity contribution in [3.05, 3.63) is 52.0 Å². The third-order valence-corrected chi connectivity index (χ3v) is 6.96. The second kappa shape index (κ2) is 6.83. The lowest BCUT2D eigenvalue weighted by molar-refractivity contribution is -0.0735. The van der Waals surface area contributed by atoms with Crippen molar-refractivity contribution in [1.82, 2.24) is 9.97 Å². The van der Waals surface area contributed by atoms with E-state index in [0.29, 0.717) is 5.56 Å². The van der Waals surface area contributed by atoms with Gasteiger partial charge in [-0.25, -0.2) is 14.8 Å². The molecule has 5 rings (SSSR count). The Morgan fingerprint density at radius 3 is 2.93 bits per heavy atom. The van der Waals surface area contributed by atoms with Crippen molar-refractivity contribution in [2.45, 2.75) is 24.9 Å². The van der Waals surface area contributed by atoms with Crippen LogP contribution in [0.2, 0.25) is 0 Å². The van der Waals surface area contributed by atoms with Gasteiger partial charge in [0.05, 0.1) is 24.8 Å². The van der Waals surface area contributed by atoms with E-state index in [1.807, 2.05) is 23.5 Å². The lowest BCUT2D eigenvalue weighted by Gasteiger charge is -2.44. The lowest BCUT2D eigenvalue weighted by Crippen LogP contribution is -2.46.